The van der Waals surface area contributed by atoms with Crippen molar-refractivity contribution < 1.29 is 14.7 Å². The maximum absolute atomic E-state index is 11.7. The van der Waals surface area contributed by atoms with E-state index < -0.39 is 5.97 Å². The fourth-order valence-corrected chi connectivity index (χ4v) is 2.24. The molecule has 0 bridgehead atoms. The zero-order valence-corrected chi connectivity index (χ0v) is 10.1. The van der Waals surface area contributed by atoms with Gasteiger partial charge in [0.1, 0.15) is 0 Å². The van der Waals surface area contributed by atoms with Crippen LogP contribution in [0.2, 0.25) is 0 Å². The lowest BCUT2D eigenvalue weighted by atomic mass is 9.89. The van der Waals surface area contributed by atoms with Crippen molar-refractivity contribution in [2.75, 3.05) is 20.1 Å². The minimum Gasteiger partial charge on any atom is -0.481 e. The molecule has 0 aromatic rings. The zero-order chi connectivity index (χ0) is 12.3. The standard InChI is InChI=1S/C11H20N2O3/c1-8(6-9(14)15)13-5-4-11(2,7-13)10(16)12-3/h8H,4-7H2,1-3H3,(H,12,16)(H,14,15). The number of carboxylic acids is 1. The van der Waals surface area contributed by atoms with Gasteiger partial charge in [0.15, 0.2) is 0 Å². The van der Waals surface area contributed by atoms with Crippen molar-refractivity contribution in [2.45, 2.75) is 32.7 Å². The molecular formula is C11H20N2O3. The second kappa shape index (κ2) is 4.82. The molecular weight excluding hydrogens is 208 g/mol. The molecule has 5 heteroatoms. The van der Waals surface area contributed by atoms with Gasteiger partial charge in [-0.05, 0) is 26.8 Å². The molecule has 1 amide bonds. The molecule has 1 rings (SSSR count). The Bertz CT molecular complexity index is 293. The van der Waals surface area contributed by atoms with Gasteiger partial charge in [-0.2, -0.15) is 0 Å². The van der Waals surface area contributed by atoms with Crippen molar-refractivity contribution in [2.24, 2.45) is 5.41 Å². The van der Waals surface area contributed by atoms with Crippen LogP contribution in [0.1, 0.15) is 26.7 Å². The lowest BCUT2D eigenvalue weighted by molar-refractivity contribution is -0.138. The first-order valence-corrected chi connectivity index (χ1v) is 5.57. The fourth-order valence-electron chi connectivity index (χ4n) is 2.24. The number of amides is 1. The van der Waals surface area contributed by atoms with E-state index in [0.29, 0.717) is 6.54 Å². The predicted molar refractivity (Wildman–Crippen MR) is 60.1 cm³/mol. The first kappa shape index (κ1) is 13.0. The highest BCUT2D eigenvalue weighted by Crippen LogP contribution is 2.31. The van der Waals surface area contributed by atoms with Gasteiger partial charge >= 0.3 is 5.97 Å². The first-order valence-electron chi connectivity index (χ1n) is 5.57. The third kappa shape index (κ3) is 2.72. The molecule has 0 aromatic heterocycles. The summed E-state index contributed by atoms with van der Waals surface area (Å²) in [5.74, 6) is -0.751. The van der Waals surface area contributed by atoms with Gasteiger partial charge in [0.05, 0.1) is 11.8 Å². The number of rotatable bonds is 4. The summed E-state index contributed by atoms with van der Waals surface area (Å²) in [6.45, 7) is 5.25. The molecule has 0 saturated carbocycles. The molecule has 1 aliphatic heterocycles. The van der Waals surface area contributed by atoms with Crippen molar-refractivity contribution >= 4 is 11.9 Å². The Morgan fingerprint density at radius 3 is 2.69 bits per heavy atom. The number of aliphatic carboxylic acids is 1. The van der Waals surface area contributed by atoms with Crippen molar-refractivity contribution in [1.82, 2.24) is 10.2 Å². The SMILES string of the molecule is CNC(=O)C1(C)CCN(C(C)CC(=O)O)C1. The highest BCUT2D eigenvalue weighted by Gasteiger charge is 2.41. The van der Waals surface area contributed by atoms with E-state index >= 15 is 0 Å². The fraction of sp³-hybridized carbons (Fsp3) is 0.818. The molecule has 1 fully saturated rings. The average Bonchev–Trinajstić information content (AvgIpc) is 2.60. The molecule has 1 aliphatic rings. The van der Waals surface area contributed by atoms with E-state index in [1.807, 2.05) is 13.8 Å². The van der Waals surface area contributed by atoms with Crippen molar-refractivity contribution in [1.29, 1.82) is 0 Å². The number of nitrogens with one attached hydrogen (secondary N) is 1. The Balaban J connectivity index is 2.57. The third-order valence-electron chi connectivity index (χ3n) is 3.37. The lowest BCUT2D eigenvalue weighted by Crippen LogP contribution is -2.41. The predicted octanol–water partition coefficient (Wildman–Crippen LogP) is 0.308. The monoisotopic (exact) mass is 228 g/mol. The third-order valence-corrected chi connectivity index (χ3v) is 3.37. The van der Waals surface area contributed by atoms with Crippen LogP contribution in [0.25, 0.3) is 0 Å². The molecule has 2 unspecified atom stereocenters. The van der Waals surface area contributed by atoms with Gasteiger partial charge in [0.2, 0.25) is 5.91 Å². The largest absolute Gasteiger partial charge is 0.481 e. The number of carboxylic acid groups (broad SMARTS) is 1. The molecule has 5 nitrogen and oxygen atoms in total. The molecule has 0 aliphatic carbocycles. The van der Waals surface area contributed by atoms with E-state index in [4.69, 9.17) is 5.11 Å². The van der Waals surface area contributed by atoms with Crippen LogP contribution >= 0.6 is 0 Å². The van der Waals surface area contributed by atoms with E-state index in [2.05, 4.69) is 10.2 Å². The number of likely N-dealkylation sites (tertiary alicyclic amines) is 1. The number of hydrogen-bond acceptors (Lipinski definition) is 3. The van der Waals surface area contributed by atoms with E-state index in [0.717, 1.165) is 13.0 Å². The van der Waals surface area contributed by atoms with Crippen LogP contribution in [-0.4, -0.2) is 48.1 Å². The summed E-state index contributed by atoms with van der Waals surface area (Å²) in [5, 5.41) is 11.4. The summed E-state index contributed by atoms with van der Waals surface area (Å²) < 4.78 is 0. The quantitative estimate of drug-likeness (QED) is 0.726. The van der Waals surface area contributed by atoms with Gasteiger partial charge in [-0.15, -0.1) is 0 Å². The Hall–Kier alpha value is -1.10. The molecule has 2 atom stereocenters. The molecule has 0 radical (unpaired) electrons. The number of carbonyl (C=O) groups excluding carboxylic acids is 1. The summed E-state index contributed by atoms with van der Waals surface area (Å²) >= 11 is 0. The zero-order valence-electron chi connectivity index (χ0n) is 10.1. The van der Waals surface area contributed by atoms with Gasteiger partial charge in [0, 0.05) is 19.6 Å². The number of hydrogen-bond donors (Lipinski definition) is 2. The molecule has 92 valence electrons. The first-order chi connectivity index (χ1) is 7.39. The van der Waals surface area contributed by atoms with E-state index in [1.165, 1.54) is 0 Å². The van der Waals surface area contributed by atoms with Crippen LogP contribution in [0.15, 0.2) is 0 Å². The Labute approximate surface area is 95.8 Å². The summed E-state index contributed by atoms with van der Waals surface area (Å²) in [7, 11) is 1.64. The van der Waals surface area contributed by atoms with E-state index in [1.54, 1.807) is 7.05 Å². The summed E-state index contributed by atoms with van der Waals surface area (Å²) in [4.78, 5) is 24.4. The van der Waals surface area contributed by atoms with Crippen molar-refractivity contribution in [3.8, 4) is 0 Å². The topological polar surface area (TPSA) is 69.6 Å². The average molecular weight is 228 g/mol. The molecule has 0 aromatic carbocycles. The molecule has 2 N–H and O–H groups in total. The van der Waals surface area contributed by atoms with Crippen LogP contribution < -0.4 is 5.32 Å². The van der Waals surface area contributed by atoms with E-state index in [9.17, 15) is 9.59 Å². The van der Waals surface area contributed by atoms with Crippen molar-refractivity contribution in [3.63, 3.8) is 0 Å². The molecule has 0 spiro atoms. The van der Waals surface area contributed by atoms with Gasteiger partial charge in [-0.3, -0.25) is 14.5 Å². The Kier molecular flexibility index (Phi) is 3.91. The molecule has 1 saturated heterocycles. The summed E-state index contributed by atoms with van der Waals surface area (Å²) in [6.07, 6.45) is 0.917. The molecule has 1 heterocycles. The van der Waals surface area contributed by atoms with E-state index in [-0.39, 0.29) is 23.8 Å². The van der Waals surface area contributed by atoms with Crippen LogP contribution in [0.3, 0.4) is 0 Å². The van der Waals surface area contributed by atoms with Gasteiger partial charge in [-0.25, -0.2) is 0 Å². The Morgan fingerprint density at radius 2 is 2.19 bits per heavy atom. The minimum absolute atomic E-state index is 0.0102. The normalized spacial score (nSPS) is 27.7. The highest BCUT2D eigenvalue weighted by molar-refractivity contribution is 5.82. The second-order valence-corrected chi connectivity index (χ2v) is 4.81. The maximum Gasteiger partial charge on any atom is 0.304 e. The van der Waals surface area contributed by atoms with Crippen LogP contribution in [0, 0.1) is 5.41 Å². The number of nitrogens with zero attached hydrogens (tertiary/aromatic N) is 1. The van der Waals surface area contributed by atoms with Crippen LogP contribution in [0.5, 0.6) is 0 Å². The lowest BCUT2D eigenvalue weighted by Gasteiger charge is -2.26. The van der Waals surface area contributed by atoms with Gasteiger partial charge in [0.25, 0.3) is 0 Å². The molecule has 16 heavy (non-hydrogen) atoms. The highest BCUT2D eigenvalue weighted by atomic mass is 16.4. The number of carbonyl (C=O) groups is 2. The van der Waals surface area contributed by atoms with Crippen LogP contribution in [0.4, 0.5) is 0 Å². The Morgan fingerprint density at radius 1 is 1.56 bits per heavy atom. The second-order valence-electron chi connectivity index (χ2n) is 4.81. The van der Waals surface area contributed by atoms with Crippen molar-refractivity contribution in [3.05, 3.63) is 0 Å². The van der Waals surface area contributed by atoms with Gasteiger partial charge in [-0.1, -0.05) is 0 Å². The smallest absolute Gasteiger partial charge is 0.304 e. The van der Waals surface area contributed by atoms with Crippen LogP contribution in [-0.2, 0) is 9.59 Å². The minimum atomic E-state index is -0.791. The summed E-state index contributed by atoms with van der Waals surface area (Å²) in [5.41, 5.74) is -0.373. The van der Waals surface area contributed by atoms with Gasteiger partial charge < -0.3 is 10.4 Å². The summed E-state index contributed by atoms with van der Waals surface area (Å²) in [6, 6.07) is -0.0102. The maximum atomic E-state index is 11.7.